The van der Waals surface area contributed by atoms with Crippen LogP contribution in [-0.2, 0) is 4.79 Å². The second-order valence-electron chi connectivity index (χ2n) is 3.41. The van der Waals surface area contributed by atoms with Gasteiger partial charge in [0.25, 0.3) is 0 Å². The van der Waals surface area contributed by atoms with Crippen molar-refractivity contribution in [3.8, 4) is 0 Å². The summed E-state index contributed by atoms with van der Waals surface area (Å²) in [5.41, 5.74) is 0.401. The molecular formula is C11H14FNO3S. The van der Waals surface area contributed by atoms with Crippen LogP contribution >= 0.6 is 11.8 Å². The van der Waals surface area contributed by atoms with Gasteiger partial charge < -0.3 is 15.5 Å². The fourth-order valence-electron chi connectivity index (χ4n) is 1.10. The summed E-state index contributed by atoms with van der Waals surface area (Å²) in [7, 11) is 0. The highest BCUT2D eigenvalue weighted by Crippen LogP contribution is 2.10. The minimum Gasteiger partial charge on any atom is -0.394 e. The molecule has 94 valence electrons. The van der Waals surface area contributed by atoms with Crippen LogP contribution in [0.1, 0.15) is 0 Å². The van der Waals surface area contributed by atoms with E-state index in [2.05, 4.69) is 5.32 Å². The zero-order chi connectivity index (χ0) is 12.7. The van der Waals surface area contributed by atoms with Crippen LogP contribution in [0.2, 0.25) is 0 Å². The van der Waals surface area contributed by atoms with Crippen molar-refractivity contribution in [2.45, 2.75) is 6.10 Å². The Morgan fingerprint density at radius 3 is 2.94 bits per heavy atom. The monoisotopic (exact) mass is 259 g/mol. The van der Waals surface area contributed by atoms with Gasteiger partial charge in [0.05, 0.1) is 18.5 Å². The molecule has 0 radical (unpaired) electrons. The lowest BCUT2D eigenvalue weighted by atomic mass is 10.3. The number of aliphatic hydroxyl groups is 2. The minimum atomic E-state index is -0.818. The lowest BCUT2D eigenvalue weighted by Gasteiger charge is -2.07. The Hall–Kier alpha value is -1.11. The second kappa shape index (κ2) is 7.26. The normalized spacial score (nSPS) is 12.2. The largest absolute Gasteiger partial charge is 0.394 e. The number of benzene rings is 1. The number of amides is 1. The van der Waals surface area contributed by atoms with Crippen LogP contribution < -0.4 is 5.32 Å². The van der Waals surface area contributed by atoms with Gasteiger partial charge in [0.2, 0.25) is 5.91 Å². The number of thioether (sulfide) groups is 1. The molecule has 17 heavy (non-hydrogen) atoms. The van der Waals surface area contributed by atoms with Gasteiger partial charge in [-0.1, -0.05) is 6.07 Å². The maximum Gasteiger partial charge on any atom is 0.234 e. The van der Waals surface area contributed by atoms with Crippen molar-refractivity contribution in [3.63, 3.8) is 0 Å². The molecule has 6 heteroatoms. The maximum atomic E-state index is 12.8. The molecule has 1 atom stereocenters. The van der Waals surface area contributed by atoms with E-state index in [4.69, 9.17) is 10.2 Å². The molecule has 0 saturated carbocycles. The third-order valence-electron chi connectivity index (χ3n) is 1.86. The molecule has 1 amide bonds. The van der Waals surface area contributed by atoms with E-state index in [0.29, 0.717) is 5.69 Å². The summed E-state index contributed by atoms with van der Waals surface area (Å²) in [5.74, 6) is -0.252. The molecule has 0 heterocycles. The molecule has 0 fully saturated rings. The Morgan fingerprint density at radius 1 is 1.53 bits per heavy atom. The molecule has 0 saturated heterocycles. The number of carbonyl (C=O) groups is 1. The molecule has 0 aliphatic heterocycles. The summed E-state index contributed by atoms with van der Waals surface area (Å²) < 4.78 is 12.8. The standard InChI is InChI=1S/C11H14FNO3S/c12-8-2-1-3-9(4-8)13-11(16)7-17-6-10(15)5-14/h1-4,10,14-15H,5-7H2,(H,13,16). The first-order chi connectivity index (χ1) is 8.11. The van der Waals surface area contributed by atoms with E-state index < -0.39 is 11.9 Å². The Bertz CT molecular complexity index is 375. The first-order valence-corrected chi connectivity index (χ1v) is 6.19. The second-order valence-corrected chi connectivity index (χ2v) is 4.44. The van der Waals surface area contributed by atoms with Gasteiger partial charge in [-0.2, -0.15) is 0 Å². The molecular weight excluding hydrogens is 245 g/mol. The van der Waals surface area contributed by atoms with Crippen LogP contribution in [0, 0.1) is 5.82 Å². The number of nitrogens with one attached hydrogen (secondary N) is 1. The van der Waals surface area contributed by atoms with Crippen molar-refractivity contribution in [2.75, 3.05) is 23.4 Å². The van der Waals surface area contributed by atoms with Crippen molar-refractivity contribution >= 4 is 23.4 Å². The Morgan fingerprint density at radius 2 is 2.29 bits per heavy atom. The first kappa shape index (κ1) is 14.0. The fraction of sp³-hybridized carbons (Fsp3) is 0.364. The predicted octanol–water partition coefficient (Wildman–Crippen LogP) is 0.851. The number of aliphatic hydroxyl groups excluding tert-OH is 2. The molecule has 3 N–H and O–H groups in total. The molecule has 0 spiro atoms. The van der Waals surface area contributed by atoms with Gasteiger partial charge in [-0.05, 0) is 18.2 Å². The quantitative estimate of drug-likeness (QED) is 0.708. The van der Waals surface area contributed by atoms with Crippen molar-refractivity contribution in [2.24, 2.45) is 0 Å². The lowest BCUT2D eigenvalue weighted by molar-refractivity contribution is -0.113. The average Bonchev–Trinajstić information content (AvgIpc) is 2.28. The van der Waals surface area contributed by atoms with Gasteiger partial charge in [0, 0.05) is 11.4 Å². The number of hydrogen-bond donors (Lipinski definition) is 3. The number of carbonyl (C=O) groups excluding carboxylic acids is 1. The number of halogens is 1. The first-order valence-electron chi connectivity index (χ1n) is 5.04. The van der Waals surface area contributed by atoms with Crippen LogP contribution in [0.25, 0.3) is 0 Å². The van der Waals surface area contributed by atoms with E-state index in [0.717, 1.165) is 0 Å². The molecule has 1 rings (SSSR count). The van der Waals surface area contributed by atoms with Crippen LogP contribution in [0.5, 0.6) is 0 Å². The van der Waals surface area contributed by atoms with E-state index >= 15 is 0 Å². The highest BCUT2D eigenvalue weighted by atomic mass is 32.2. The van der Waals surface area contributed by atoms with Crippen LogP contribution in [-0.4, -0.2) is 40.3 Å². The third-order valence-corrected chi connectivity index (χ3v) is 2.95. The summed E-state index contributed by atoms with van der Waals surface area (Å²) in [6.07, 6.45) is -0.818. The zero-order valence-electron chi connectivity index (χ0n) is 9.10. The fourth-order valence-corrected chi connectivity index (χ4v) is 1.86. The summed E-state index contributed by atoms with van der Waals surface area (Å²) in [6, 6.07) is 5.62. The van der Waals surface area contributed by atoms with Crippen molar-refractivity contribution in [3.05, 3.63) is 30.1 Å². The van der Waals surface area contributed by atoms with Crippen molar-refractivity contribution in [1.82, 2.24) is 0 Å². The molecule has 0 bridgehead atoms. The zero-order valence-corrected chi connectivity index (χ0v) is 9.91. The van der Waals surface area contributed by atoms with Gasteiger partial charge in [0.1, 0.15) is 5.82 Å². The van der Waals surface area contributed by atoms with Gasteiger partial charge in [-0.25, -0.2) is 4.39 Å². The van der Waals surface area contributed by atoms with Crippen LogP contribution in [0.15, 0.2) is 24.3 Å². The van der Waals surface area contributed by atoms with Gasteiger partial charge >= 0.3 is 0 Å². The molecule has 0 aliphatic carbocycles. The number of rotatable bonds is 6. The van der Waals surface area contributed by atoms with E-state index in [9.17, 15) is 9.18 Å². The van der Waals surface area contributed by atoms with Crippen LogP contribution in [0.4, 0.5) is 10.1 Å². The maximum absolute atomic E-state index is 12.8. The van der Waals surface area contributed by atoms with E-state index in [1.165, 1.54) is 30.0 Å². The highest BCUT2D eigenvalue weighted by molar-refractivity contribution is 8.00. The van der Waals surface area contributed by atoms with Crippen molar-refractivity contribution < 1.29 is 19.4 Å². The van der Waals surface area contributed by atoms with Gasteiger partial charge in [-0.3, -0.25) is 4.79 Å². The Kier molecular flexibility index (Phi) is 5.96. The topological polar surface area (TPSA) is 69.6 Å². The molecule has 1 aromatic carbocycles. The highest BCUT2D eigenvalue weighted by Gasteiger charge is 2.06. The number of hydrogen-bond acceptors (Lipinski definition) is 4. The van der Waals surface area contributed by atoms with E-state index in [1.54, 1.807) is 6.07 Å². The van der Waals surface area contributed by atoms with E-state index in [-0.39, 0.29) is 24.0 Å². The molecule has 0 aliphatic rings. The Balaban J connectivity index is 2.30. The summed E-state index contributed by atoms with van der Waals surface area (Å²) in [5, 5.41) is 20.1. The predicted molar refractivity (Wildman–Crippen MR) is 65.4 cm³/mol. The third kappa shape index (κ3) is 5.67. The molecule has 1 aromatic rings. The summed E-state index contributed by atoms with van der Waals surface area (Å²) in [6.45, 7) is -0.321. The summed E-state index contributed by atoms with van der Waals surface area (Å²) >= 11 is 1.20. The van der Waals surface area contributed by atoms with E-state index in [1.807, 2.05) is 0 Å². The minimum absolute atomic E-state index is 0.146. The molecule has 0 aromatic heterocycles. The SMILES string of the molecule is O=C(CSCC(O)CO)Nc1cccc(F)c1. The summed E-state index contributed by atoms with van der Waals surface area (Å²) in [4.78, 5) is 11.4. The van der Waals surface area contributed by atoms with Gasteiger partial charge in [0.15, 0.2) is 0 Å². The Labute approximate surface area is 103 Å². The smallest absolute Gasteiger partial charge is 0.234 e. The average molecular weight is 259 g/mol. The van der Waals surface area contributed by atoms with Crippen molar-refractivity contribution in [1.29, 1.82) is 0 Å². The van der Waals surface area contributed by atoms with Crippen LogP contribution in [0.3, 0.4) is 0 Å². The number of anilines is 1. The molecule has 4 nitrogen and oxygen atoms in total. The molecule has 1 unspecified atom stereocenters. The lowest BCUT2D eigenvalue weighted by Crippen LogP contribution is -2.19. The van der Waals surface area contributed by atoms with Gasteiger partial charge in [-0.15, -0.1) is 11.8 Å².